The third-order valence-electron chi connectivity index (χ3n) is 12.2. The summed E-state index contributed by atoms with van der Waals surface area (Å²) in [6.45, 7) is 32.5. The summed E-state index contributed by atoms with van der Waals surface area (Å²) in [5, 5.41) is 15.7. The van der Waals surface area contributed by atoms with Gasteiger partial charge in [-0.05, 0) is 146 Å². The van der Waals surface area contributed by atoms with Crippen molar-refractivity contribution in [1.82, 2.24) is 9.88 Å². The number of hydrogen-bond donors (Lipinski definition) is 2. The molecule has 62 heavy (non-hydrogen) atoms. The minimum Gasteiger partial charge on any atom is -0.543 e. The average Bonchev–Trinajstić information content (AvgIpc) is 3.48. The highest BCUT2D eigenvalue weighted by Gasteiger charge is 2.47. The monoisotopic (exact) mass is 906 g/mol. The number of nitrogens with zero attached hydrogens (tertiary/aromatic N) is 1. The Labute approximate surface area is 378 Å². The summed E-state index contributed by atoms with van der Waals surface area (Å²) in [5.41, 5.74) is 8.04. The van der Waals surface area contributed by atoms with Gasteiger partial charge in [-0.2, -0.15) is 0 Å². The van der Waals surface area contributed by atoms with Gasteiger partial charge >= 0.3 is 12.1 Å². The largest absolute Gasteiger partial charge is 0.543 e. The fraction of sp³-hybridized carbons (Fsp3) is 0.560. The van der Waals surface area contributed by atoms with Crippen LogP contribution < -0.4 is 15.0 Å². The van der Waals surface area contributed by atoms with Crippen molar-refractivity contribution in [2.75, 3.05) is 34.2 Å². The first-order valence-electron chi connectivity index (χ1n) is 22.1. The van der Waals surface area contributed by atoms with E-state index in [0.29, 0.717) is 23.0 Å². The Kier molecular flexibility index (Phi) is 16.6. The van der Waals surface area contributed by atoms with Crippen LogP contribution in [0.2, 0.25) is 16.6 Å². The number of hydrogen-bond acceptors (Lipinski definition) is 8. The quantitative estimate of drug-likeness (QED) is 0.0577. The summed E-state index contributed by atoms with van der Waals surface area (Å²) in [4.78, 5) is 26.3. The minimum atomic E-state index is -2.43. The van der Waals surface area contributed by atoms with E-state index in [1.807, 2.05) is 6.07 Å². The molecule has 0 aliphatic heterocycles. The SMILES string of the molecule is CCn1c(-c2cc(P(C)(C)=S)ccc2[C@H](C)OC)c(CC(C)(C)CO)c2cc(-c3cc(C[C@H](NC(=O)OC(C)(C)C)C(=O)OC)cc(O[Si](C(C)C)(C(C)C)C(C)C)c3)ccc21. The van der Waals surface area contributed by atoms with Crippen LogP contribution in [0.15, 0.2) is 54.6 Å². The molecule has 0 saturated heterocycles. The van der Waals surface area contributed by atoms with E-state index in [2.05, 4.69) is 141 Å². The van der Waals surface area contributed by atoms with Crippen LogP contribution in [0.3, 0.4) is 0 Å². The maximum Gasteiger partial charge on any atom is 0.408 e. The number of ether oxygens (including phenoxy) is 3. The molecule has 0 aliphatic rings. The van der Waals surface area contributed by atoms with Gasteiger partial charge in [-0.15, -0.1) is 0 Å². The molecule has 0 spiro atoms. The molecule has 9 nitrogen and oxygen atoms in total. The molecular weight excluding hydrogens is 832 g/mol. The second-order valence-corrected chi connectivity index (χ2v) is 31.3. The second-order valence-electron chi connectivity index (χ2n) is 20.0. The molecule has 2 N–H and O–H groups in total. The number of methoxy groups -OCH3 is 2. The molecule has 4 aromatic rings. The van der Waals surface area contributed by atoms with E-state index in [-0.39, 0.29) is 19.1 Å². The van der Waals surface area contributed by atoms with Crippen LogP contribution in [0.4, 0.5) is 4.79 Å². The smallest absolute Gasteiger partial charge is 0.408 e. The van der Waals surface area contributed by atoms with Gasteiger partial charge in [0, 0.05) is 43.1 Å². The summed E-state index contributed by atoms with van der Waals surface area (Å²) in [6, 6.07) is 16.7. The Morgan fingerprint density at radius 2 is 1.50 bits per heavy atom. The molecule has 0 fully saturated rings. The Balaban J connectivity index is 2.09. The van der Waals surface area contributed by atoms with Gasteiger partial charge in [0.25, 0.3) is 8.32 Å². The molecular formula is C50H75N2O7PSSi. The van der Waals surface area contributed by atoms with Crippen LogP contribution >= 0.6 is 6.04 Å². The normalized spacial score (nSPS) is 13.8. The zero-order valence-electron chi connectivity index (χ0n) is 40.6. The van der Waals surface area contributed by atoms with Crippen molar-refractivity contribution in [3.8, 4) is 28.1 Å². The van der Waals surface area contributed by atoms with Crippen molar-refractivity contribution in [2.24, 2.45) is 5.41 Å². The molecule has 0 bridgehead atoms. The van der Waals surface area contributed by atoms with E-state index in [1.165, 1.54) is 7.11 Å². The van der Waals surface area contributed by atoms with E-state index in [0.717, 1.165) is 67.6 Å². The van der Waals surface area contributed by atoms with Crippen molar-refractivity contribution in [3.63, 3.8) is 0 Å². The van der Waals surface area contributed by atoms with Crippen molar-refractivity contribution in [1.29, 1.82) is 0 Å². The molecule has 0 radical (unpaired) electrons. The number of rotatable bonds is 18. The average molecular weight is 907 g/mol. The number of carbonyl (C=O) groups is 2. The Hall–Kier alpha value is -3.47. The molecule has 1 heterocycles. The van der Waals surface area contributed by atoms with Gasteiger partial charge in [0.15, 0.2) is 0 Å². The number of benzene rings is 3. The number of alkyl carbamates (subject to hydrolysis) is 1. The predicted octanol–water partition coefficient (Wildman–Crippen LogP) is 11.8. The highest BCUT2D eigenvalue weighted by Crippen LogP contribution is 2.46. The number of amides is 1. The highest BCUT2D eigenvalue weighted by atomic mass is 32.4. The van der Waals surface area contributed by atoms with Crippen molar-refractivity contribution >= 4 is 54.4 Å². The molecule has 0 unspecified atom stereocenters. The molecule has 0 saturated carbocycles. The fourth-order valence-electron chi connectivity index (χ4n) is 9.10. The maximum absolute atomic E-state index is 13.3. The van der Waals surface area contributed by atoms with Gasteiger partial charge in [0.2, 0.25) is 0 Å². The first kappa shape index (κ1) is 51.2. The van der Waals surface area contributed by atoms with E-state index < -0.39 is 43.5 Å². The van der Waals surface area contributed by atoms with E-state index in [9.17, 15) is 14.7 Å². The van der Waals surface area contributed by atoms with Gasteiger partial charge in [-0.1, -0.05) is 91.5 Å². The van der Waals surface area contributed by atoms with Crippen LogP contribution in [0.5, 0.6) is 5.75 Å². The summed E-state index contributed by atoms with van der Waals surface area (Å²) in [5.74, 6) is 0.164. The van der Waals surface area contributed by atoms with Gasteiger partial charge in [-0.25, -0.2) is 9.59 Å². The standard InChI is InChI=1S/C50H75N2O7PSSi/c1-18-52-45-22-19-36(27-41(45)43(29-50(12,13)30-53)46(52)42-28-39(60(16,17)61)20-21-40(42)34(8)56-14)37-23-35(25-44(47(54)57-15)51-48(55)58-49(9,10)11)24-38(26-37)59-62(31(2)3,32(4)5)33(6)7/h19-24,26-28,31-34,44,53H,18,25,29-30H2,1-17H3,(H,51,55)/t34-,44-/m0/s1. The zero-order chi connectivity index (χ0) is 46.7. The number of aryl methyl sites for hydroxylation is 1. The highest BCUT2D eigenvalue weighted by molar-refractivity contribution is 8.17. The lowest BCUT2D eigenvalue weighted by Crippen LogP contribution is -2.50. The third kappa shape index (κ3) is 11.6. The molecule has 1 aromatic heterocycles. The topological polar surface area (TPSA) is 108 Å². The van der Waals surface area contributed by atoms with Gasteiger partial charge in [0.1, 0.15) is 17.4 Å². The van der Waals surface area contributed by atoms with Crippen LogP contribution in [0, 0.1) is 5.41 Å². The molecule has 4 rings (SSSR count). The molecule has 0 aliphatic carbocycles. The first-order valence-corrected chi connectivity index (χ1v) is 28.0. The van der Waals surface area contributed by atoms with Crippen molar-refractivity contribution < 1.29 is 33.3 Å². The lowest BCUT2D eigenvalue weighted by atomic mass is 9.83. The molecule has 12 heteroatoms. The molecule has 342 valence electrons. The fourth-order valence-corrected chi connectivity index (χ4v) is 15.5. The molecule has 1 amide bonds. The molecule has 3 aromatic carbocycles. The number of carbonyl (C=O) groups excluding carboxylic acids is 2. The lowest BCUT2D eigenvalue weighted by molar-refractivity contribution is -0.143. The van der Waals surface area contributed by atoms with E-state index in [1.54, 1.807) is 27.9 Å². The summed E-state index contributed by atoms with van der Waals surface area (Å²) < 4.78 is 26.5. The number of fused-ring (bicyclic) bond motifs is 1. The minimum absolute atomic E-state index is 0.0195. The summed E-state index contributed by atoms with van der Waals surface area (Å²) in [6.07, 6.45) is -0.0810. The van der Waals surface area contributed by atoms with Gasteiger partial charge in [0.05, 0.1) is 18.9 Å². The second kappa shape index (κ2) is 20.1. The zero-order valence-corrected chi connectivity index (χ0v) is 43.3. The predicted molar refractivity (Wildman–Crippen MR) is 265 cm³/mol. The van der Waals surface area contributed by atoms with Crippen molar-refractivity contribution in [2.45, 2.75) is 144 Å². The van der Waals surface area contributed by atoms with Crippen LogP contribution in [-0.4, -0.2) is 75.9 Å². The van der Waals surface area contributed by atoms with Crippen LogP contribution in [0.1, 0.15) is 113 Å². The Morgan fingerprint density at radius 3 is 2.02 bits per heavy atom. The van der Waals surface area contributed by atoms with Gasteiger partial charge in [-0.3, -0.25) is 0 Å². The number of esters is 1. The maximum atomic E-state index is 13.3. The van der Waals surface area contributed by atoms with Crippen LogP contribution in [0.25, 0.3) is 33.3 Å². The van der Waals surface area contributed by atoms with Gasteiger partial charge < -0.3 is 33.6 Å². The number of aliphatic hydroxyl groups excluding tert-OH is 1. The third-order valence-corrected chi connectivity index (χ3v) is 20.3. The summed E-state index contributed by atoms with van der Waals surface area (Å²) >= 11 is 6.10. The Bertz CT molecular complexity index is 2250. The number of aliphatic hydroxyl groups is 1. The van der Waals surface area contributed by atoms with E-state index >= 15 is 0 Å². The van der Waals surface area contributed by atoms with Crippen molar-refractivity contribution in [3.05, 3.63) is 71.3 Å². The lowest BCUT2D eigenvalue weighted by Gasteiger charge is -2.42. The summed E-state index contributed by atoms with van der Waals surface area (Å²) in [7, 11) is 0.636. The number of nitrogens with one attached hydrogen (secondary N) is 1. The Morgan fingerprint density at radius 1 is 0.871 bits per heavy atom. The van der Waals surface area contributed by atoms with E-state index in [4.69, 9.17) is 30.4 Å². The number of aromatic nitrogens is 1. The van der Waals surface area contributed by atoms with Crippen LogP contribution in [-0.2, 0) is 50.2 Å². The first-order chi connectivity index (χ1) is 28.7. The molecule has 2 atom stereocenters.